The average molecular weight is 226 g/mol. The molecule has 0 bridgehead atoms. The molecule has 2 N–H and O–H groups in total. The van der Waals surface area contributed by atoms with Gasteiger partial charge in [0.25, 0.3) is 0 Å². The van der Waals surface area contributed by atoms with Gasteiger partial charge >= 0.3 is 6.18 Å². The highest BCUT2D eigenvalue weighted by Gasteiger charge is 2.27. The minimum absolute atomic E-state index is 0.106. The van der Waals surface area contributed by atoms with Gasteiger partial charge in [0.15, 0.2) is 5.11 Å². The van der Waals surface area contributed by atoms with E-state index in [0.717, 1.165) is 25.7 Å². The minimum Gasteiger partial charge on any atom is -0.360 e. The lowest BCUT2D eigenvalue weighted by molar-refractivity contribution is -0.122. The van der Waals surface area contributed by atoms with Crippen molar-refractivity contribution in [1.82, 2.24) is 10.6 Å². The Balaban J connectivity index is 2.15. The molecule has 0 aromatic rings. The molecule has 0 unspecified atom stereocenters. The van der Waals surface area contributed by atoms with Gasteiger partial charge in [0.1, 0.15) is 6.54 Å². The average Bonchev–Trinajstić information content (AvgIpc) is 2.52. The number of hydrogen-bond donors (Lipinski definition) is 2. The zero-order valence-electron chi connectivity index (χ0n) is 7.66. The second kappa shape index (κ2) is 4.82. The van der Waals surface area contributed by atoms with Gasteiger partial charge < -0.3 is 10.6 Å². The van der Waals surface area contributed by atoms with E-state index < -0.39 is 12.7 Å². The quantitative estimate of drug-likeness (QED) is 0.704. The second-order valence-corrected chi connectivity index (χ2v) is 3.83. The predicted octanol–water partition coefficient (Wildman–Crippen LogP) is 1.96. The van der Waals surface area contributed by atoms with Gasteiger partial charge in [-0.05, 0) is 25.1 Å². The van der Waals surface area contributed by atoms with Gasteiger partial charge in [-0.2, -0.15) is 13.2 Å². The second-order valence-electron chi connectivity index (χ2n) is 3.42. The summed E-state index contributed by atoms with van der Waals surface area (Å²) in [6.45, 7) is -1.06. The fourth-order valence-corrected chi connectivity index (χ4v) is 1.73. The van der Waals surface area contributed by atoms with E-state index in [4.69, 9.17) is 12.2 Å². The van der Waals surface area contributed by atoms with Crippen molar-refractivity contribution in [3.8, 4) is 0 Å². The summed E-state index contributed by atoms with van der Waals surface area (Å²) in [5, 5.41) is 5.12. The van der Waals surface area contributed by atoms with Gasteiger partial charge in [-0.1, -0.05) is 12.8 Å². The first-order valence-electron chi connectivity index (χ1n) is 4.58. The van der Waals surface area contributed by atoms with Crippen LogP contribution in [0.5, 0.6) is 0 Å². The molecule has 14 heavy (non-hydrogen) atoms. The van der Waals surface area contributed by atoms with Crippen molar-refractivity contribution >= 4 is 17.3 Å². The van der Waals surface area contributed by atoms with Crippen LogP contribution < -0.4 is 10.6 Å². The van der Waals surface area contributed by atoms with Gasteiger partial charge in [-0.3, -0.25) is 0 Å². The summed E-state index contributed by atoms with van der Waals surface area (Å²) < 4.78 is 35.3. The Morgan fingerprint density at radius 3 is 2.36 bits per heavy atom. The molecule has 0 aliphatic heterocycles. The van der Waals surface area contributed by atoms with Gasteiger partial charge in [0.05, 0.1) is 0 Å². The van der Waals surface area contributed by atoms with Gasteiger partial charge in [0, 0.05) is 6.04 Å². The van der Waals surface area contributed by atoms with Crippen molar-refractivity contribution in [2.24, 2.45) is 0 Å². The van der Waals surface area contributed by atoms with Crippen molar-refractivity contribution in [3.05, 3.63) is 0 Å². The van der Waals surface area contributed by atoms with E-state index in [-0.39, 0.29) is 11.2 Å². The highest BCUT2D eigenvalue weighted by molar-refractivity contribution is 7.80. The van der Waals surface area contributed by atoms with E-state index in [1.807, 2.05) is 0 Å². The van der Waals surface area contributed by atoms with Crippen LogP contribution in [0.4, 0.5) is 13.2 Å². The Bertz CT molecular complexity index is 199. The van der Waals surface area contributed by atoms with Crippen molar-refractivity contribution < 1.29 is 13.2 Å². The molecule has 1 rings (SSSR count). The Morgan fingerprint density at radius 1 is 1.29 bits per heavy atom. The SMILES string of the molecule is FC(F)(F)CNC(=S)NC1CCCC1. The van der Waals surface area contributed by atoms with Crippen LogP contribution >= 0.6 is 12.2 Å². The fourth-order valence-electron chi connectivity index (χ4n) is 1.49. The molecule has 0 spiro atoms. The van der Waals surface area contributed by atoms with Crippen LogP contribution in [-0.4, -0.2) is 23.9 Å². The molecule has 1 aliphatic rings. The van der Waals surface area contributed by atoms with E-state index in [0.29, 0.717) is 0 Å². The Morgan fingerprint density at radius 2 is 1.86 bits per heavy atom. The number of thiocarbonyl (C=S) groups is 1. The lowest BCUT2D eigenvalue weighted by Gasteiger charge is -2.16. The topological polar surface area (TPSA) is 24.1 Å². The van der Waals surface area contributed by atoms with Gasteiger partial charge in [-0.15, -0.1) is 0 Å². The first-order chi connectivity index (χ1) is 6.47. The zero-order valence-corrected chi connectivity index (χ0v) is 8.47. The van der Waals surface area contributed by atoms with E-state index >= 15 is 0 Å². The van der Waals surface area contributed by atoms with Gasteiger partial charge in [-0.25, -0.2) is 0 Å². The van der Waals surface area contributed by atoms with Crippen LogP contribution in [-0.2, 0) is 0 Å². The van der Waals surface area contributed by atoms with Crippen LogP contribution in [0.1, 0.15) is 25.7 Å². The van der Waals surface area contributed by atoms with Crippen molar-refractivity contribution in [2.75, 3.05) is 6.54 Å². The summed E-state index contributed by atoms with van der Waals surface area (Å²) in [5.41, 5.74) is 0. The van der Waals surface area contributed by atoms with Crippen LogP contribution in [0.2, 0.25) is 0 Å². The van der Waals surface area contributed by atoms with E-state index in [1.54, 1.807) is 0 Å². The van der Waals surface area contributed by atoms with Crippen molar-refractivity contribution in [1.29, 1.82) is 0 Å². The Labute approximate surface area is 86.2 Å². The molecular formula is C8H13F3N2S. The highest BCUT2D eigenvalue weighted by Crippen LogP contribution is 2.17. The highest BCUT2D eigenvalue weighted by atomic mass is 32.1. The maximum atomic E-state index is 11.8. The molecule has 6 heteroatoms. The van der Waals surface area contributed by atoms with Gasteiger partial charge in [0.2, 0.25) is 0 Å². The minimum atomic E-state index is -4.21. The smallest absolute Gasteiger partial charge is 0.360 e. The molecule has 1 fully saturated rings. The predicted molar refractivity (Wildman–Crippen MR) is 52.0 cm³/mol. The summed E-state index contributed by atoms with van der Waals surface area (Å²) in [5.74, 6) is 0. The largest absolute Gasteiger partial charge is 0.405 e. The Kier molecular flexibility index (Phi) is 3.97. The monoisotopic (exact) mass is 226 g/mol. The molecule has 82 valence electrons. The molecule has 1 aliphatic carbocycles. The number of alkyl halides is 3. The summed E-state index contributed by atoms with van der Waals surface area (Å²) >= 11 is 4.74. The lowest BCUT2D eigenvalue weighted by Crippen LogP contribution is -2.44. The van der Waals surface area contributed by atoms with Crippen LogP contribution in [0, 0.1) is 0 Å². The first kappa shape index (κ1) is 11.6. The summed E-state index contributed by atoms with van der Waals surface area (Å²) in [6.07, 6.45) is 0.0300. The van der Waals surface area contributed by atoms with Crippen LogP contribution in [0.15, 0.2) is 0 Å². The van der Waals surface area contributed by atoms with Crippen LogP contribution in [0.3, 0.4) is 0 Å². The summed E-state index contributed by atoms with van der Waals surface area (Å²) in [7, 11) is 0. The molecule has 0 saturated heterocycles. The van der Waals surface area contributed by atoms with Crippen molar-refractivity contribution in [2.45, 2.75) is 37.9 Å². The molecule has 0 heterocycles. The Hall–Kier alpha value is -0.520. The standard InChI is InChI=1S/C8H13F3N2S/c9-8(10,11)5-12-7(14)13-6-3-1-2-4-6/h6H,1-5H2,(H2,12,13,14). The third-order valence-electron chi connectivity index (χ3n) is 2.14. The molecular weight excluding hydrogens is 213 g/mol. The molecule has 0 aromatic carbocycles. The molecule has 0 radical (unpaired) electrons. The zero-order chi connectivity index (χ0) is 10.6. The number of nitrogens with one attached hydrogen (secondary N) is 2. The third-order valence-corrected chi connectivity index (χ3v) is 2.40. The molecule has 0 atom stereocenters. The third kappa shape index (κ3) is 4.64. The number of rotatable bonds is 2. The molecule has 2 nitrogen and oxygen atoms in total. The maximum Gasteiger partial charge on any atom is 0.405 e. The van der Waals surface area contributed by atoms with Crippen LogP contribution in [0.25, 0.3) is 0 Å². The summed E-state index contributed by atoms with van der Waals surface area (Å²) in [4.78, 5) is 0. The maximum absolute atomic E-state index is 11.8. The van der Waals surface area contributed by atoms with E-state index in [9.17, 15) is 13.2 Å². The normalized spacial score (nSPS) is 18.2. The van der Waals surface area contributed by atoms with E-state index in [2.05, 4.69) is 10.6 Å². The number of halogens is 3. The molecule has 1 saturated carbocycles. The molecule has 0 amide bonds. The van der Waals surface area contributed by atoms with Crippen molar-refractivity contribution in [3.63, 3.8) is 0 Å². The molecule has 0 aromatic heterocycles. The number of hydrogen-bond acceptors (Lipinski definition) is 1. The lowest BCUT2D eigenvalue weighted by atomic mass is 10.3. The first-order valence-corrected chi connectivity index (χ1v) is 4.99. The fraction of sp³-hybridized carbons (Fsp3) is 0.875. The summed E-state index contributed by atoms with van der Waals surface area (Å²) in [6, 6.07) is 0.253. The van der Waals surface area contributed by atoms with E-state index in [1.165, 1.54) is 0 Å².